The van der Waals surface area contributed by atoms with Crippen LogP contribution in [0.1, 0.15) is 16.7 Å². The van der Waals surface area contributed by atoms with E-state index in [0.717, 1.165) is 16.7 Å². The van der Waals surface area contributed by atoms with Gasteiger partial charge in [0.05, 0.1) is 15.3 Å². The fourth-order valence-electron chi connectivity index (χ4n) is 3.85. The lowest BCUT2D eigenvalue weighted by Crippen LogP contribution is -2.32. The predicted molar refractivity (Wildman–Crippen MR) is 146 cm³/mol. The van der Waals surface area contributed by atoms with Gasteiger partial charge in [-0.3, -0.25) is 14.5 Å². The van der Waals surface area contributed by atoms with E-state index in [0.29, 0.717) is 40.1 Å². The Morgan fingerprint density at radius 3 is 2.42 bits per heavy atom. The molecule has 0 saturated carbocycles. The Morgan fingerprint density at radius 2 is 1.75 bits per heavy atom. The number of carbonyl (C=O) groups is 2. The van der Waals surface area contributed by atoms with Crippen molar-refractivity contribution < 1.29 is 9.59 Å². The zero-order valence-electron chi connectivity index (χ0n) is 19.5. The number of hydrogen-bond acceptors (Lipinski definition) is 4. The Kier molecular flexibility index (Phi) is 8.37. The molecular formula is C28H23Cl2N3O2S. The average molecular weight is 536 g/mol. The van der Waals surface area contributed by atoms with Crippen molar-refractivity contribution >= 4 is 52.5 Å². The van der Waals surface area contributed by atoms with Gasteiger partial charge in [-0.25, -0.2) is 0 Å². The molecule has 3 aromatic carbocycles. The van der Waals surface area contributed by atoms with E-state index in [9.17, 15) is 14.9 Å². The lowest BCUT2D eigenvalue weighted by molar-refractivity contribution is -0.117. The van der Waals surface area contributed by atoms with Gasteiger partial charge in [-0.05, 0) is 55.2 Å². The van der Waals surface area contributed by atoms with E-state index in [1.165, 1.54) is 16.7 Å². The molecule has 36 heavy (non-hydrogen) atoms. The molecular weight excluding hydrogens is 513 g/mol. The lowest BCUT2D eigenvalue weighted by Gasteiger charge is -2.19. The summed E-state index contributed by atoms with van der Waals surface area (Å²) in [6.07, 6.45) is 1.01. The first-order chi connectivity index (χ1) is 17.4. The Morgan fingerprint density at radius 1 is 1.03 bits per heavy atom. The first kappa shape index (κ1) is 25.8. The summed E-state index contributed by atoms with van der Waals surface area (Å²) in [5.74, 6) is -0.703. The summed E-state index contributed by atoms with van der Waals surface area (Å²) in [6, 6.07) is 24.5. The van der Waals surface area contributed by atoms with E-state index in [1.807, 2.05) is 73.7 Å². The number of rotatable bonds is 7. The van der Waals surface area contributed by atoms with Gasteiger partial charge < -0.3 is 5.32 Å². The Balaban J connectivity index is 1.62. The summed E-state index contributed by atoms with van der Waals surface area (Å²) in [5, 5.41) is 13.4. The number of hydrogen-bond donors (Lipinski definition) is 1. The maximum Gasteiger partial charge on any atom is 0.264 e. The third kappa shape index (κ3) is 5.93. The van der Waals surface area contributed by atoms with Crippen LogP contribution < -0.4 is 10.2 Å². The molecule has 3 aromatic rings. The van der Waals surface area contributed by atoms with Gasteiger partial charge in [0.1, 0.15) is 16.7 Å². The van der Waals surface area contributed by atoms with Gasteiger partial charge in [0, 0.05) is 12.2 Å². The molecule has 182 valence electrons. The first-order valence-electron chi connectivity index (χ1n) is 11.3. The van der Waals surface area contributed by atoms with Crippen molar-refractivity contribution in [3.05, 3.63) is 110 Å². The van der Waals surface area contributed by atoms with Crippen LogP contribution in [0.4, 0.5) is 5.69 Å². The number of amides is 2. The smallest absolute Gasteiger partial charge is 0.264 e. The highest BCUT2D eigenvalue weighted by molar-refractivity contribution is 8.05. The summed E-state index contributed by atoms with van der Waals surface area (Å²) in [7, 11) is 0. The second-order valence-electron chi connectivity index (χ2n) is 8.35. The first-order valence-corrected chi connectivity index (χ1v) is 13.0. The van der Waals surface area contributed by atoms with Crippen LogP contribution in [0, 0.1) is 18.3 Å². The quantitative estimate of drug-likeness (QED) is 0.293. The molecule has 1 saturated heterocycles. The van der Waals surface area contributed by atoms with Crippen LogP contribution in [0.15, 0.2) is 83.4 Å². The summed E-state index contributed by atoms with van der Waals surface area (Å²) >= 11 is 13.4. The molecule has 1 aliphatic rings. The van der Waals surface area contributed by atoms with E-state index in [4.69, 9.17) is 23.2 Å². The van der Waals surface area contributed by atoms with Crippen molar-refractivity contribution in [1.29, 1.82) is 5.26 Å². The number of nitrogens with zero attached hydrogens (tertiary/aromatic N) is 2. The van der Waals surface area contributed by atoms with Crippen molar-refractivity contribution in [2.75, 3.05) is 11.4 Å². The number of aryl methyl sites for hydroxylation is 1. The fourth-order valence-corrected chi connectivity index (χ4v) is 5.48. The van der Waals surface area contributed by atoms with Gasteiger partial charge >= 0.3 is 0 Å². The molecule has 5 nitrogen and oxygen atoms in total. The van der Waals surface area contributed by atoms with Crippen molar-refractivity contribution in [2.24, 2.45) is 0 Å². The zero-order valence-corrected chi connectivity index (χ0v) is 21.8. The maximum atomic E-state index is 13.6. The molecule has 2 amide bonds. The third-order valence-electron chi connectivity index (χ3n) is 5.74. The normalized spacial score (nSPS) is 16.6. The number of thioether (sulfide) groups is 1. The van der Waals surface area contributed by atoms with Crippen LogP contribution in [-0.2, 0) is 22.4 Å². The molecule has 1 N–H and O–H groups in total. The van der Waals surface area contributed by atoms with Crippen molar-refractivity contribution in [1.82, 2.24) is 5.32 Å². The van der Waals surface area contributed by atoms with Crippen molar-refractivity contribution in [2.45, 2.75) is 25.0 Å². The molecule has 4 rings (SSSR count). The Hall–Kier alpha value is -3.24. The summed E-state index contributed by atoms with van der Waals surface area (Å²) in [6.45, 7) is 2.33. The summed E-state index contributed by atoms with van der Waals surface area (Å²) in [5.41, 5.74) is 3.48. The van der Waals surface area contributed by atoms with Crippen LogP contribution in [0.5, 0.6) is 0 Å². The van der Waals surface area contributed by atoms with E-state index < -0.39 is 11.2 Å². The number of carbonyl (C=O) groups excluding carboxylic acids is 2. The van der Waals surface area contributed by atoms with E-state index in [-0.39, 0.29) is 11.5 Å². The molecule has 1 heterocycles. The number of nitrogens with one attached hydrogen (secondary N) is 1. The minimum Gasteiger partial charge on any atom is -0.351 e. The number of anilines is 1. The van der Waals surface area contributed by atoms with Crippen molar-refractivity contribution in [3.8, 4) is 6.07 Å². The van der Waals surface area contributed by atoms with Gasteiger partial charge in [0.15, 0.2) is 0 Å². The van der Waals surface area contributed by atoms with Crippen LogP contribution >= 0.6 is 35.0 Å². The summed E-state index contributed by atoms with van der Waals surface area (Å²) < 4.78 is 0. The molecule has 0 bridgehead atoms. The number of benzene rings is 3. The van der Waals surface area contributed by atoms with E-state index >= 15 is 0 Å². The summed E-state index contributed by atoms with van der Waals surface area (Å²) in [4.78, 5) is 28.1. The molecule has 1 atom stereocenters. The number of halogens is 2. The molecule has 0 unspecified atom stereocenters. The van der Waals surface area contributed by atoms with Crippen LogP contribution in [-0.4, -0.2) is 23.6 Å². The second kappa shape index (κ2) is 11.7. The minimum atomic E-state index is -0.529. The highest BCUT2D eigenvalue weighted by atomic mass is 35.5. The second-order valence-corrected chi connectivity index (χ2v) is 10.4. The third-order valence-corrected chi connectivity index (χ3v) is 7.75. The molecule has 1 fully saturated rings. The highest BCUT2D eigenvalue weighted by Gasteiger charge is 2.40. The average Bonchev–Trinajstić information content (AvgIpc) is 3.18. The Labute approximate surface area is 224 Å². The van der Waals surface area contributed by atoms with Crippen LogP contribution in [0.25, 0.3) is 0 Å². The van der Waals surface area contributed by atoms with E-state index in [1.54, 1.807) is 12.1 Å². The van der Waals surface area contributed by atoms with Crippen molar-refractivity contribution in [3.63, 3.8) is 0 Å². The predicted octanol–water partition coefficient (Wildman–Crippen LogP) is 6.09. The highest BCUT2D eigenvalue weighted by Crippen LogP contribution is 2.42. The van der Waals surface area contributed by atoms with E-state index in [2.05, 4.69) is 5.32 Å². The SMILES string of the molecule is Cc1ccc(N2C(=O)[C@H](Cc3ccc(Cl)c(Cl)c3)S/C2=C(/C#N)C(=O)NCCc2ccccc2)cc1. The van der Waals surface area contributed by atoms with Crippen LogP contribution in [0.2, 0.25) is 10.0 Å². The molecule has 1 aliphatic heterocycles. The van der Waals surface area contributed by atoms with Gasteiger partial charge in [-0.2, -0.15) is 5.26 Å². The van der Waals surface area contributed by atoms with Crippen LogP contribution in [0.3, 0.4) is 0 Å². The van der Waals surface area contributed by atoms with Gasteiger partial charge in [-0.1, -0.05) is 89.1 Å². The largest absolute Gasteiger partial charge is 0.351 e. The number of nitriles is 1. The standard InChI is InChI=1S/C28H23Cl2N3O2S/c1-18-7-10-21(11-8-18)33-27(35)25(16-20-9-12-23(29)24(30)15-20)36-28(33)22(17-31)26(34)32-14-13-19-5-3-2-4-6-19/h2-12,15,25H,13-14,16H2,1H3,(H,32,34)/b28-22-/t25-/m0/s1. The molecule has 0 radical (unpaired) electrons. The fraction of sp³-hybridized carbons (Fsp3) is 0.179. The monoisotopic (exact) mass is 535 g/mol. The zero-order chi connectivity index (χ0) is 25.7. The lowest BCUT2D eigenvalue weighted by atomic mass is 10.1. The molecule has 0 aliphatic carbocycles. The molecule has 0 aromatic heterocycles. The maximum absolute atomic E-state index is 13.6. The molecule has 8 heteroatoms. The van der Waals surface area contributed by atoms with Gasteiger partial charge in [0.2, 0.25) is 5.91 Å². The van der Waals surface area contributed by atoms with Gasteiger partial charge in [0.25, 0.3) is 5.91 Å². The van der Waals surface area contributed by atoms with Gasteiger partial charge in [-0.15, -0.1) is 0 Å². The topological polar surface area (TPSA) is 73.2 Å². The Bertz CT molecular complexity index is 1350. The minimum absolute atomic E-state index is 0.0846. The molecule has 0 spiro atoms.